The zero-order valence-corrected chi connectivity index (χ0v) is 11.3. The van der Waals surface area contributed by atoms with E-state index in [-0.39, 0.29) is 5.56 Å². The molecule has 1 aliphatic heterocycles. The summed E-state index contributed by atoms with van der Waals surface area (Å²) < 4.78 is 13.5. The Balaban J connectivity index is 2.10. The van der Waals surface area contributed by atoms with E-state index >= 15 is 0 Å². The van der Waals surface area contributed by atoms with E-state index in [1.807, 2.05) is 6.92 Å². The van der Waals surface area contributed by atoms with E-state index in [9.17, 15) is 19.1 Å². The third kappa shape index (κ3) is 2.50. The smallest absolute Gasteiger partial charge is 0.309 e. The van der Waals surface area contributed by atoms with Crippen LogP contribution in [0.4, 0.5) is 4.39 Å². The van der Waals surface area contributed by atoms with Crippen molar-refractivity contribution in [3.63, 3.8) is 0 Å². The lowest BCUT2D eigenvalue weighted by molar-refractivity contribution is -0.152. The summed E-state index contributed by atoms with van der Waals surface area (Å²) in [5.41, 5.74) is -0.823. The van der Waals surface area contributed by atoms with Crippen LogP contribution in [-0.4, -0.2) is 40.0 Å². The highest BCUT2D eigenvalue weighted by molar-refractivity contribution is 5.94. The molecule has 1 saturated heterocycles. The molecule has 0 aliphatic carbocycles. The van der Waals surface area contributed by atoms with Crippen LogP contribution in [0, 0.1) is 11.4 Å². The molecule has 0 radical (unpaired) electrons. The fraction of sp³-hybridized carbons (Fsp3) is 0.500. The van der Waals surface area contributed by atoms with Gasteiger partial charge in [-0.1, -0.05) is 6.92 Å². The highest BCUT2D eigenvalue weighted by Gasteiger charge is 2.41. The van der Waals surface area contributed by atoms with Crippen molar-refractivity contribution in [1.29, 1.82) is 0 Å². The summed E-state index contributed by atoms with van der Waals surface area (Å²) >= 11 is 0. The first-order valence-corrected chi connectivity index (χ1v) is 6.63. The minimum Gasteiger partial charge on any atom is -0.481 e. The zero-order chi connectivity index (χ0) is 14.8. The van der Waals surface area contributed by atoms with E-state index in [1.165, 1.54) is 23.2 Å². The molecule has 0 bridgehead atoms. The summed E-state index contributed by atoms with van der Waals surface area (Å²) in [5, 5.41) is 9.30. The van der Waals surface area contributed by atoms with Crippen LogP contribution >= 0.6 is 0 Å². The van der Waals surface area contributed by atoms with E-state index in [4.69, 9.17) is 0 Å². The SMILES string of the molecule is CCC1(C(=O)O)CCN(C(=O)c2cccnc2F)CC1. The van der Waals surface area contributed by atoms with Crippen molar-refractivity contribution in [2.24, 2.45) is 5.41 Å². The summed E-state index contributed by atoms with van der Waals surface area (Å²) in [6.07, 6.45) is 2.61. The summed E-state index contributed by atoms with van der Waals surface area (Å²) in [7, 11) is 0. The average Bonchev–Trinajstić information content (AvgIpc) is 2.47. The normalized spacial score (nSPS) is 17.8. The third-order valence-electron chi connectivity index (χ3n) is 4.13. The Kier molecular flexibility index (Phi) is 4.01. The highest BCUT2D eigenvalue weighted by Crippen LogP contribution is 2.35. The Bertz CT molecular complexity index is 525. The van der Waals surface area contributed by atoms with E-state index in [2.05, 4.69) is 4.98 Å². The number of nitrogens with zero attached hydrogens (tertiary/aromatic N) is 2. The average molecular weight is 280 g/mol. The molecule has 0 spiro atoms. The Morgan fingerprint density at radius 1 is 1.45 bits per heavy atom. The number of amides is 1. The van der Waals surface area contributed by atoms with Gasteiger partial charge in [-0.3, -0.25) is 9.59 Å². The number of carbonyl (C=O) groups is 2. The van der Waals surface area contributed by atoms with Crippen LogP contribution in [0.25, 0.3) is 0 Å². The maximum atomic E-state index is 13.5. The van der Waals surface area contributed by atoms with Crippen LogP contribution in [0.1, 0.15) is 36.5 Å². The van der Waals surface area contributed by atoms with Gasteiger partial charge >= 0.3 is 5.97 Å². The summed E-state index contributed by atoms with van der Waals surface area (Å²) in [6.45, 7) is 2.49. The molecule has 20 heavy (non-hydrogen) atoms. The topological polar surface area (TPSA) is 70.5 Å². The molecule has 1 aliphatic rings. The molecule has 108 valence electrons. The molecule has 1 aromatic heterocycles. The lowest BCUT2D eigenvalue weighted by atomic mass is 9.76. The molecule has 2 rings (SSSR count). The minimum absolute atomic E-state index is 0.0631. The lowest BCUT2D eigenvalue weighted by Crippen LogP contribution is -2.46. The monoisotopic (exact) mass is 280 g/mol. The van der Waals surface area contributed by atoms with Gasteiger partial charge in [0.05, 0.1) is 11.0 Å². The number of carboxylic acids is 1. The van der Waals surface area contributed by atoms with Gasteiger partial charge in [0.2, 0.25) is 5.95 Å². The molecule has 2 heterocycles. The van der Waals surface area contributed by atoms with Gasteiger partial charge in [0.15, 0.2) is 0 Å². The Hall–Kier alpha value is -1.98. The number of carbonyl (C=O) groups excluding carboxylic acids is 1. The number of rotatable bonds is 3. The molecule has 5 nitrogen and oxygen atoms in total. The number of likely N-dealkylation sites (tertiary alicyclic amines) is 1. The Morgan fingerprint density at radius 2 is 2.10 bits per heavy atom. The van der Waals surface area contributed by atoms with Gasteiger partial charge in [0.1, 0.15) is 0 Å². The second-order valence-corrected chi connectivity index (χ2v) is 5.07. The first kappa shape index (κ1) is 14.4. The minimum atomic E-state index is -0.820. The van der Waals surface area contributed by atoms with E-state index in [0.717, 1.165) is 0 Å². The van der Waals surface area contributed by atoms with Gasteiger partial charge in [0, 0.05) is 19.3 Å². The number of aromatic nitrogens is 1. The van der Waals surface area contributed by atoms with Crippen LogP contribution in [0.2, 0.25) is 0 Å². The number of halogens is 1. The first-order chi connectivity index (χ1) is 9.50. The van der Waals surface area contributed by atoms with Gasteiger partial charge in [-0.05, 0) is 31.4 Å². The first-order valence-electron chi connectivity index (χ1n) is 6.63. The molecule has 0 saturated carbocycles. The van der Waals surface area contributed by atoms with E-state index in [0.29, 0.717) is 32.4 Å². The van der Waals surface area contributed by atoms with Crippen molar-refractivity contribution in [2.75, 3.05) is 13.1 Å². The quantitative estimate of drug-likeness (QED) is 0.859. The van der Waals surface area contributed by atoms with Crippen molar-refractivity contribution < 1.29 is 19.1 Å². The van der Waals surface area contributed by atoms with Crippen molar-refractivity contribution in [2.45, 2.75) is 26.2 Å². The molecule has 0 atom stereocenters. The maximum absolute atomic E-state index is 13.5. The molecule has 1 N–H and O–H groups in total. The van der Waals surface area contributed by atoms with Crippen LogP contribution in [0.5, 0.6) is 0 Å². The van der Waals surface area contributed by atoms with Crippen LogP contribution in [0.3, 0.4) is 0 Å². The van der Waals surface area contributed by atoms with Gasteiger partial charge < -0.3 is 10.0 Å². The van der Waals surface area contributed by atoms with Crippen molar-refractivity contribution in [1.82, 2.24) is 9.88 Å². The Morgan fingerprint density at radius 3 is 2.60 bits per heavy atom. The van der Waals surface area contributed by atoms with Gasteiger partial charge in [-0.15, -0.1) is 0 Å². The summed E-state index contributed by atoms with van der Waals surface area (Å²) in [4.78, 5) is 28.5. The van der Waals surface area contributed by atoms with Crippen LogP contribution < -0.4 is 0 Å². The predicted octanol–water partition coefficient (Wildman–Crippen LogP) is 1.94. The third-order valence-corrected chi connectivity index (χ3v) is 4.13. The maximum Gasteiger partial charge on any atom is 0.309 e. The number of piperidine rings is 1. The fourth-order valence-corrected chi connectivity index (χ4v) is 2.57. The Labute approximate surface area is 116 Å². The molecule has 6 heteroatoms. The number of hydrogen-bond donors (Lipinski definition) is 1. The summed E-state index contributed by atoms with van der Waals surface area (Å²) in [5.74, 6) is -2.03. The number of hydrogen-bond acceptors (Lipinski definition) is 3. The fourth-order valence-electron chi connectivity index (χ4n) is 2.57. The number of carboxylic acid groups (broad SMARTS) is 1. The van der Waals surface area contributed by atoms with Crippen molar-refractivity contribution in [3.8, 4) is 0 Å². The molecule has 1 fully saturated rings. The second kappa shape index (κ2) is 5.56. The lowest BCUT2D eigenvalue weighted by Gasteiger charge is -2.38. The largest absolute Gasteiger partial charge is 0.481 e. The molecule has 0 aromatic carbocycles. The number of aliphatic carboxylic acids is 1. The highest BCUT2D eigenvalue weighted by atomic mass is 19.1. The molecule has 0 unspecified atom stereocenters. The van der Waals surface area contributed by atoms with E-state index in [1.54, 1.807) is 0 Å². The molecular weight excluding hydrogens is 263 g/mol. The number of pyridine rings is 1. The van der Waals surface area contributed by atoms with Crippen molar-refractivity contribution >= 4 is 11.9 Å². The zero-order valence-electron chi connectivity index (χ0n) is 11.3. The standard InChI is InChI=1S/C14H17FN2O3/c1-2-14(13(19)20)5-8-17(9-6-14)12(18)10-4-3-7-16-11(10)15/h3-4,7H,2,5-6,8-9H2,1H3,(H,19,20). The molecular formula is C14H17FN2O3. The van der Waals surface area contributed by atoms with Gasteiger partial charge in [0.25, 0.3) is 5.91 Å². The van der Waals surface area contributed by atoms with Gasteiger partial charge in [-0.2, -0.15) is 4.39 Å². The van der Waals surface area contributed by atoms with E-state index < -0.39 is 23.2 Å². The summed E-state index contributed by atoms with van der Waals surface area (Å²) in [6, 6.07) is 2.90. The van der Waals surface area contributed by atoms with Crippen molar-refractivity contribution in [3.05, 3.63) is 29.8 Å². The molecule has 1 amide bonds. The second-order valence-electron chi connectivity index (χ2n) is 5.07. The van der Waals surface area contributed by atoms with Crippen LogP contribution in [-0.2, 0) is 4.79 Å². The predicted molar refractivity (Wildman–Crippen MR) is 69.7 cm³/mol. The van der Waals surface area contributed by atoms with Crippen LogP contribution in [0.15, 0.2) is 18.3 Å². The van der Waals surface area contributed by atoms with Gasteiger partial charge in [-0.25, -0.2) is 4.98 Å². The molecule has 1 aromatic rings.